The summed E-state index contributed by atoms with van der Waals surface area (Å²) >= 11 is 0. The van der Waals surface area contributed by atoms with E-state index < -0.39 is 0 Å². The van der Waals surface area contributed by atoms with Crippen LogP contribution in [0.25, 0.3) is 0 Å². The number of fused-ring (bicyclic) bond motifs is 1. The van der Waals surface area contributed by atoms with Gasteiger partial charge in [0.05, 0.1) is 6.10 Å². The average molecular weight is 402 g/mol. The predicted octanol–water partition coefficient (Wildman–Crippen LogP) is 4.67. The average Bonchev–Trinajstić information content (AvgIpc) is 3.20. The zero-order valence-corrected chi connectivity index (χ0v) is 18.3. The van der Waals surface area contributed by atoms with Crippen LogP contribution in [-0.2, 0) is 9.59 Å². The van der Waals surface area contributed by atoms with Crippen LogP contribution in [0.15, 0.2) is 23.8 Å². The Bertz CT molecular complexity index is 630. The number of hydrogen-bond acceptors (Lipinski definition) is 3. The minimum Gasteiger partial charge on any atom is -0.392 e. The van der Waals surface area contributed by atoms with Gasteiger partial charge >= 0.3 is 0 Å². The van der Waals surface area contributed by atoms with Crippen molar-refractivity contribution >= 4 is 11.7 Å². The predicted molar refractivity (Wildman–Crippen MR) is 116 cm³/mol. The molecule has 162 valence electrons. The Hall–Kier alpha value is -1.42. The van der Waals surface area contributed by atoms with Crippen LogP contribution in [0.4, 0.5) is 0 Å². The maximum absolute atomic E-state index is 12.4. The Kier molecular flexibility index (Phi) is 8.11. The summed E-state index contributed by atoms with van der Waals surface area (Å²) in [6.45, 7) is 0. The maximum Gasteiger partial charge on any atom is 0.222 e. The summed E-state index contributed by atoms with van der Waals surface area (Å²) in [5.74, 6) is 2.02. The molecule has 1 N–H and O–H groups in total. The zero-order valence-electron chi connectivity index (χ0n) is 18.3. The van der Waals surface area contributed by atoms with Gasteiger partial charge < -0.3 is 10.0 Å². The summed E-state index contributed by atoms with van der Waals surface area (Å²) in [6, 6.07) is 0. The second-order valence-corrected chi connectivity index (χ2v) is 9.77. The monoisotopic (exact) mass is 401 g/mol. The van der Waals surface area contributed by atoms with Crippen molar-refractivity contribution in [3.05, 3.63) is 23.8 Å². The number of amides is 1. The maximum atomic E-state index is 12.4. The van der Waals surface area contributed by atoms with Crippen molar-refractivity contribution in [1.29, 1.82) is 0 Å². The van der Waals surface area contributed by atoms with Gasteiger partial charge in [-0.2, -0.15) is 0 Å². The third-order valence-corrected chi connectivity index (χ3v) is 7.31. The van der Waals surface area contributed by atoms with Gasteiger partial charge in [-0.1, -0.05) is 49.8 Å². The van der Waals surface area contributed by atoms with Gasteiger partial charge in [0.2, 0.25) is 5.91 Å². The molecule has 0 aromatic heterocycles. The molecule has 0 aliphatic heterocycles. The topological polar surface area (TPSA) is 57.6 Å². The number of rotatable bonds is 9. The van der Waals surface area contributed by atoms with Crippen LogP contribution >= 0.6 is 0 Å². The molecule has 0 heterocycles. The van der Waals surface area contributed by atoms with Gasteiger partial charge in [-0.3, -0.25) is 9.59 Å². The lowest BCUT2D eigenvalue weighted by atomic mass is 9.85. The fourth-order valence-corrected chi connectivity index (χ4v) is 5.60. The molecule has 3 rings (SSSR count). The van der Waals surface area contributed by atoms with Gasteiger partial charge in [-0.25, -0.2) is 0 Å². The fourth-order valence-electron chi connectivity index (χ4n) is 5.60. The van der Waals surface area contributed by atoms with Gasteiger partial charge in [0.15, 0.2) is 5.78 Å². The zero-order chi connectivity index (χ0) is 20.8. The quantitative estimate of drug-likeness (QED) is 0.347. The van der Waals surface area contributed by atoms with Crippen molar-refractivity contribution < 1.29 is 14.7 Å². The van der Waals surface area contributed by atoms with Crippen molar-refractivity contribution in [2.75, 3.05) is 14.1 Å². The van der Waals surface area contributed by atoms with E-state index in [0.717, 1.165) is 32.1 Å². The molecule has 0 radical (unpaired) electrons. The van der Waals surface area contributed by atoms with Crippen LogP contribution in [0, 0.1) is 23.7 Å². The molecule has 3 aliphatic rings. The van der Waals surface area contributed by atoms with Crippen molar-refractivity contribution in [2.45, 2.75) is 83.2 Å². The largest absolute Gasteiger partial charge is 0.392 e. The summed E-state index contributed by atoms with van der Waals surface area (Å²) in [5, 5.41) is 10.5. The molecule has 2 fully saturated rings. The molecule has 0 aromatic carbocycles. The highest BCUT2D eigenvalue weighted by Gasteiger charge is 2.43. The number of ketones is 1. The number of aliphatic hydroxyl groups is 1. The summed E-state index contributed by atoms with van der Waals surface area (Å²) in [6.07, 6.45) is 18.3. The molecule has 4 heteroatoms. The van der Waals surface area contributed by atoms with Crippen molar-refractivity contribution in [3.63, 3.8) is 0 Å². The van der Waals surface area contributed by atoms with Crippen LogP contribution in [0.5, 0.6) is 0 Å². The smallest absolute Gasteiger partial charge is 0.222 e. The molecule has 3 aliphatic carbocycles. The highest BCUT2D eigenvalue weighted by atomic mass is 16.3. The van der Waals surface area contributed by atoms with Gasteiger partial charge in [-0.05, 0) is 55.9 Å². The normalized spacial score (nSPS) is 29.8. The first-order valence-corrected chi connectivity index (χ1v) is 11.7. The third kappa shape index (κ3) is 6.28. The Morgan fingerprint density at radius 3 is 2.66 bits per heavy atom. The summed E-state index contributed by atoms with van der Waals surface area (Å²) in [4.78, 5) is 25.7. The first-order chi connectivity index (χ1) is 13.9. The van der Waals surface area contributed by atoms with E-state index in [2.05, 4.69) is 6.08 Å². The Labute approximate surface area is 176 Å². The molecular weight excluding hydrogens is 362 g/mol. The second kappa shape index (κ2) is 10.6. The molecular formula is C25H39NO3. The standard InChI is InChI=1S/C25H39NO3/c1-26(2)25(29)11-7-6-10-19-14-20-17-24(28)22(23(20)16-19)13-12-21(27)15-18-8-4-3-5-9-18/h12-14,18,20,22-24,28H,3-11,15-17H2,1-2H3/t20-,22+,23-,24+/m0/s1. The number of carbonyl (C=O) groups is 2. The lowest BCUT2D eigenvalue weighted by Gasteiger charge is -2.20. The van der Waals surface area contributed by atoms with Gasteiger partial charge in [0, 0.05) is 32.9 Å². The highest BCUT2D eigenvalue weighted by Crippen LogP contribution is 2.48. The number of nitrogens with zero attached hydrogens (tertiary/aromatic N) is 1. The van der Waals surface area contributed by atoms with E-state index in [4.69, 9.17) is 0 Å². The second-order valence-electron chi connectivity index (χ2n) is 9.77. The molecule has 0 spiro atoms. The van der Waals surface area contributed by atoms with E-state index in [1.807, 2.05) is 20.2 Å². The number of hydrogen-bond donors (Lipinski definition) is 1. The van der Waals surface area contributed by atoms with Crippen LogP contribution in [0.2, 0.25) is 0 Å². The molecule has 29 heavy (non-hydrogen) atoms. The van der Waals surface area contributed by atoms with Gasteiger partial charge in [0.1, 0.15) is 0 Å². The summed E-state index contributed by atoms with van der Waals surface area (Å²) in [7, 11) is 3.61. The number of allylic oxidation sites excluding steroid dienone is 3. The molecule has 0 saturated heterocycles. The SMILES string of the molecule is CN(C)C(=O)CCCCC1=C[C@H]2C[C@@H](O)[C@H](C=CC(=O)CC3CCCCC3)[C@H]2C1. The first kappa shape index (κ1) is 22.3. The minimum atomic E-state index is -0.320. The van der Waals surface area contributed by atoms with E-state index in [9.17, 15) is 14.7 Å². The van der Waals surface area contributed by atoms with Crippen molar-refractivity contribution in [2.24, 2.45) is 23.7 Å². The summed E-state index contributed by atoms with van der Waals surface area (Å²) in [5.41, 5.74) is 1.48. The van der Waals surface area contributed by atoms with Gasteiger partial charge in [0.25, 0.3) is 0 Å². The van der Waals surface area contributed by atoms with Gasteiger partial charge in [-0.15, -0.1) is 0 Å². The Morgan fingerprint density at radius 2 is 1.93 bits per heavy atom. The van der Waals surface area contributed by atoms with E-state index in [-0.39, 0.29) is 23.7 Å². The Morgan fingerprint density at radius 1 is 1.17 bits per heavy atom. The molecule has 4 nitrogen and oxygen atoms in total. The lowest BCUT2D eigenvalue weighted by Crippen LogP contribution is -2.21. The van der Waals surface area contributed by atoms with Crippen LogP contribution in [0.3, 0.4) is 0 Å². The van der Waals surface area contributed by atoms with E-state index >= 15 is 0 Å². The molecule has 0 unspecified atom stereocenters. The minimum absolute atomic E-state index is 0.111. The fraction of sp³-hybridized carbons (Fsp3) is 0.760. The molecule has 0 aromatic rings. The van der Waals surface area contributed by atoms with Crippen LogP contribution in [0.1, 0.15) is 77.0 Å². The van der Waals surface area contributed by atoms with E-state index in [0.29, 0.717) is 30.6 Å². The third-order valence-electron chi connectivity index (χ3n) is 7.31. The van der Waals surface area contributed by atoms with E-state index in [1.165, 1.54) is 37.7 Å². The lowest BCUT2D eigenvalue weighted by molar-refractivity contribution is -0.128. The molecule has 2 saturated carbocycles. The van der Waals surface area contributed by atoms with E-state index in [1.54, 1.807) is 11.0 Å². The summed E-state index contributed by atoms with van der Waals surface area (Å²) < 4.78 is 0. The van der Waals surface area contributed by atoms with Crippen molar-refractivity contribution in [3.8, 4) is 0 Å². The number of unbranched alkanes of at least 4 members (excludes halogenated alkanes) is 1. The van der Waals surface area contributed by atoms with Crippen molar-refractivity contribution in [1.82, 2.24) is 4.90 Å². The molecule has 1 amide bonds. The molecule has 0 bridgehead atoms. The number of carbonyl (C=O) groups excluding carboxylic acids is 2. The Balaban J connectivity index is 1.43. The highest BCUT2D eigenvalue weighted by molar-refractivity contribution is 5.89. The van der Waals surface area contributed by atoms with Crippen LogP contribution < -0.4 is 0 Å². The number of aliphatic hydroxyl groups excluding tert-OH is 1. The first-order valence-electron chi connectivity index (χ1n) is 11.7. The molecule has 4 atom stereocenters. The van der Waals surface area contributed by atoms with Crippen LogP contribution in [-0.4, -0.2) is 41.9 Å².